The summed E-state index contributed by atoms with van der Waals surface area (Å²) in [5, 5.41) is 9.74. The van der Waals surface area contributed by atoms with E-state index in [1.807, 2.05) is 5.92 Å². The third kappa shape index (κ3) is 2.62. The fraction of sp³-hybridized carbons (Fsp3) is 0.308. The Bertz CT molecular complexity index is 436. The summed E-state index contributed by atoms with van der Waals surface area (Å²) >= 11 is 0. The van der Waals surface area contributed by atoms with Crippen molar-refractivity contribution in [2.45, 2.75) is 11.9 Å². The van der Waals surface area contributed by atoms with Crippen molar-refractivity contribution in [1.82, 2.24) is 0 Å². The van der Waals surface area contributed by atoms with Crippen LogP contribution in [0.3, 0.4) is 0 Å². The highest BCUT2D eigenvalue weighted by atomic mass is 16.7. The van der Waals surface area contributed by atoms with Crippen LogP contribution in [0.5, 0.6) is 5.75 Å². The lowest BCUT2D eigenvalue weighted by Gasteiger charge is -2.31. The Hall–Kier alpha value is -2.03. The van der Waals surface area contributed by atoms with Crippen LogP contribution in [-0.2, 0) is 14.3 Å². The number of terminal acetylenes is 1. The lowest BCUT2D eigenvalue weighted by molar-refractivity contribution is -0.228. The molecule has 0 saturated heterocycles. The van der Waals surface area contributed by atoms with E-state index in [9.17, 15) is 9.90 Å². The third-order valence-corrected chi connectivity index (χ3v) is 2.30. The summed E-state index contributed by atoms with van der Waals surface area (Å²) in [5.41, 5.74) is 0. The Labute approximate surface area is 105 Å². The van der Waals surface area contributed by atoms with Crippen LogP contribution in [-0.4, -0.2) is 37.2 Å². The Balaban J connectivity index is 3.12. The SMILES string of the molecule is C#CC(O)C(OC)(Oc1ccccc1)C(=O)OC. The first-order valence-corrected chi connectivity index (χ1v) is 5.12. The topological polar surface area (TPSA) is 65.0 Å². The van der Waals surface area contributed by atoms with Gasteiger partial charge in [-0.3, -0.25) is 0 Å². The minimum atomic E-state index is -2.08. The Morgan fingerprint density at radius 3 is 2.44 bits per heavy atom. The van der Waals surface area contributed by atoms with E-state index in [1.165, 1.54) is 7.11 Å². The number of benzene rings is 1. The molecule has 0 aliphatic carbocycles. The minimum absolute atomic E-state index is 0.319. The molecular weight excluding hydrogens is 236 g/mol. The number of rotatable bonds is 5. The Morgan fingerprint density at radius 2 is 2.00 bits per heavy atom. The predicted octanol–water partition coefficient (Wildman–Crippen LogP) is 0.575. The number of hydrogen-bond acceptors (Lipinski definition) is 5. The quantitative estimate of drug-likeness (QED) is 0.470. The van der Waals surface area contributed by atoms with E-state index in [-0.39, 0.29) is 0 Å². The van der Waals surface area contributed by atoms with Crippen LogP contribution in [0.25, 0.3) is 0 Å². The number of carbonyl (C=O) groups excluding carboxylic acids is 1. The van der Waals surface area contributed by atoms with E-state index in [1.54, 1.807) is 30.3 Å². The maximum absolute atomic E-state index is 11.7. The molecular formula is C13H14O5. The molecule has 18 heavy (non-hydrogen) atoms. The lowest BCUT2D eigenvalue weighted by atomic mass is 10.1. The summed E-state index contributed by atoms with van der Waals surface area (Å²) in [6.07, 6.45) is 3.51. The highest BCUT2D eigenvalue weighted by Gasteiger charge is 2.50. The van der Waals surface area contributed by atoms with Crippen LogP contribution in [0.2, 0.25) is 0 Å². The van der Waals surface area contributed by atoms with Crippen molar-refractivity contribution in [2.24, 2.45) is 0 Å². The van der Waals surface area contributed by atoms with Crippen molar-refractivity contribution in [3.8, 4) is 18.1 Å². The summed E-state index contributed by atoms with van der Waals surface area (Å²) in [4.78, 5) is 11.7. The molecule has 0 radical (unpaired) electrons. The zero-order chi connectivity index (χ0) is 13.6. The number of methoxy groups -OCH3 is 2. The highest BCUT2D eigenvalue weighted by molar-refractivity contribution is 5.79. The van der Waals surface area contributed by atoms with Crippen molar-refractivity contribution >= 4 is 5.97 Å². The van der Waals surface area contributed by atoms with E-state index in [0.717, 1.165) is 7.11 Å². The van der Waals surface area contributed by atoms with Gasteiger partial charge >= 0.3 is 11.8 Å². The van der Waals surface area contributed by atoms with Crippen molar-refractivity contribution in [3.63, 3.8) is 0 Å². The maximum atomic E-state index is 11.7. The fourth-order valence-electron chi connectivity index (χ4n) is 1.36. The molecule has 0 saturated carbocycles. The molecule has 1 aromatic rings. The molecule has 0 heterocycles. The van der Waals surface area contributed by atoms with Gasteiger partial charge in [-0.25, -0.2) is 4.79 Å². The number of para-hydroxylation sites is 1. The molecule has 2 atom stereocenters. The van der Waals surface area contributed by atoms with Crippen LogP contribution >= 0.6 is 0 Å². The number of carbonyl (C=O) groups is 1. The third-order valence-electron chi connectivity index (χ3n) is 2.30. The fourth-order valence-corrected chi connectivity index (χ4v) is 1.36. The molecule has 1 N–H and O–H groups in total. The Kier molecular flexibility index (Phi) is 4.72. The van der Waals surface area contributed by atoms with Gasteiger partial charge in [0, 0.05) is 7.11 Å². The number of aliphatic hydroxyl groups is 1. The van der Waals surface area contributed by atoms with Crippen LogP contribution in [0.1, 0.15) is 0 Å². The standard InChI is InChI=1S/C13H14O5/c1-4-11(14)13(17-3,12(15)16-2)18-10-8-6-5-7-9-10/h1,5-9,11,14H,2-3H3. The number of hydrogen-bond donors (Lipinski definition) is 1. The molecule has 0 spiro atoms. The van der Waals surface area contributed by atoms with Crippen molar-refractivity contribution in [1.29, 1.82) is 0 Å². The largest absolute Gasteiger partial charge is 0.464 e. The molecule has 0 aliphatic heterocycles. The molecule has 5 nitrogen and oxygen atoms in total. The second kappa shape index (κ2) is 6.05. The number of esters is 1. The first-order chi connectivity index (χ1) is 8.60. The monoisotopic (exact) mass is 250 g/mol. The van der Waals surface area contributed by atoms with E-state index in [4.69, 9.17) is 15.9 Å². The summed E-state index contributed by atoms with van der Waals surface area (Å²) in [7, 11) is 2.34. The molecule has 0 aromatic heterocycles. The first kappa shape index (κ1) is 14.0. The summed E-state index contributed by atoms with van der Waals surface area (Å²) in [6.45, 7) is 0. The molecule has 1 aromatic carbocycles. The van der Waals surface area contributed by atoms with Crippen LogP contribution in [0, 0.1) is 12.3 Å². The predicted molar refractivity (Wildman–Crippen MR) is 63.7 cm³/mol. The van der Waals surface area contributed by atoms with Gasteiger partial charge in [0.15, 0.2) is 6.10 Å². The normalized spacial score (nSPS) is 15.0. The van der Waals surface area contributed by atoms with E-state index in [2.05, 4.69) is 4.74 Å². The summed E-state index contributed by atoms with van der Waals surface area (Å²) < 4.78 is 14.9. The van der Waals surface area contributed by atoms with Gasteiger partial charge in [0.25, 0.3) is 0 Å². The molecule has 1 rings (SSSR count). The summed E-state index contributed by atoms with van der Waals surface area (Å²) in [5.74, 6) is -0.680. The highest BCUT2D eigenvalue weighted by Crippen LogP contribution is 2.23. The van der Waals surface area contributed by atoms with Gasteiger partial charge in [-0.2, -0.15) is 0 Å². The van der Waals surface area contributed by atoms with E-state index < -0.39 is 17.9 Å². The van der Waals surface area contributed by atoms with Gasteiger partial charge in [0.2, 0.25) is 0 Å². The van der Waals surface area contributed by atoms with E-state index in [0.29, 0.717) is 5.75 Å². The van der Waals surface area contributed by atoms with Crippen LogP contribution in [0.4, 0.5) is 0 Å². The average Bonchev–Trinajstić information content (AvgIpc) is 2.44. The minimum Gasteiger partial charge on any atom is -0.464 e. The van der Waals surface area contributed by atoms with Gasteiger partial charge in [-0.05, 0) is 12.1 Å². The zero-order valence-corrected chi connectivity index (χ0v) is 10.1. The van der Waals surface area contributed by atoms with Gasteiger partial charge in [0.05, 0.1) is 7.11 Å². The molecule has 2 unspecified atom stereocenters. The van der Waals surface area contributed by atoms with Gasteiger partial charge in [-0.15, -0.1) is 6.42 Å². The first-order valence-electron chi connectivity index (χ1n) is 5.12. The average molecular weight is 250 g/mol. The van der Waals surface area contributed by atoms with Crippen molar-refractivity contribution in [3.05, 3.63) is 30.3 Å². The second-order valence-corrected chi connectivity index (χ2v) is 3.35. The van der Waals surface area contributed by atoms with Gasteiger partial charge < -0.3 is 19.3 Å². The van der Waals surface area contributed by atoms with E-state index >= 15 is 0 Å². The zero-order valence-electron chi connectivity index (χ0n) is 10.1. The molecule has 0 amide bonds. The van der Waals surface area contributed by atoms with Crippen molar-refractivity contribution in [2.75, 3.05) is 14.2 Å². The maximum Gasteiger partial charge on any atom is 0.383 e. The lowest BCUT2D eigenvalue weighted by Crippen LogP contribution is -2.56. The molecule has 0 aliphatic rings. The van der Waals surface area contributed by atoms with Gasteiger partial charge in [-0.1, -0.05) is 24.1 Å². The smallest absolute Gasteiger partial charge is 0.383 e. The summed E-state index contributed by atoms with van der Waals surface area (Å²) in [6, 6.07) is 8.38. The number of aliphatic hydroxyl groups excluding tert-OH is 1. The molecule has 0 bridgehead atoms. The Morgan fingerprint density at radius 1 is 1.39 bits per heavy atom. The van der Waals surface area contributed by atoms with Gasteiger partial charge in [0.1, 0.15) is 5.75 Å². The van der Waals surface area contributed by atoms with Crippen LogP contribution < -0.4 is 4.74 Å². The van der Waals surface area contributed by atoms with Crippen molar-refractivity contribution < 1.29 is 24.1 Å². The molecule has 5 heteroatoms. The molecule has 96 valence electrons. The van der Waals surface area contributed by atoms with Crippen LogP contribution in [0.15, 0.2) is 30.3 Å². The second-order valence-electron chi connectivity index (χ2n) is 3.35. The molecule has 0 fully saturated rings. The number of ether oxygens (including phenoxy) is 3.